The number of thiazole rings is 1. The van der Waals surface area contributed by atoms with Crippen LogP contribution in [-0.4, -0.2) is 34.4 Å². The fourth-order valence-corrected chi connectivity index (χ4v) is 4.59. The number of nitrogens with zero attached hydrogens (tertiary/aromatic N) is 3. The minimum Gasteiger partial charge on any atom is -0.479 e. The number of ether oxygens (including phenoxy) is 1. The number of nitrogens with one attached hydrogen (secondary N) is 1. The minimum atomic E-state index is -0.681. The lowest BCUT2D eigenvalue weighted by Crippen LogP contribution is -2.47. The molecule has 3 heterocycles. The van der Waals surface area contributed by atoms with Crippen LogP contribution in [0.25, 0.3) is 22.0 Å². The Hall–Kier alpha value is -4.04. The highest BCUT2D eigenvalue weighted by molar-refractivity contribution is 7.13. The molecular weight excluding hydrogens is 448 g/mol. The van der Waals surface area contributed by atoms with Crippen LogP contribution in [0.5, 0.6) is 5.75 Å². The van der Waals surface area contributed by atoms with Crippen molar-refractivity contribution in [3.8, 4) is 27.7 Å². The van der Waals surface area contributed by atoms with E-state index in [9.17, 15) is 9.59 Å². The number of carbonyl (C=O) groups is 2. The maximum Gasteiger partial charge on any atom is 0.268 e. The first-order valence-electron chi connectivity index (χ1n) is 10.8. The number of carbonyl (C=O) groups excluding carboxylic acids is 2. The zero-order valence-corrected chi connectivity index (χ0v) is 19.5. The molecule has 170 valence electrons. The first-order valence-corrected chi connectivity index (χ1v) is 11.7. The van der Waals surface area contributed by atoms with E-state index in [0.29, 0.717) is 11.4 Å². The van der Waals surface area contributed by atoms with Crippen LogP contribution in [-0.2, 0) is 9.59 Å². The van der Waals surface area contributed by atoms with Gasteiger partial charge < -0.3 is 10.1 Å². The highest BCUT2D eigenvalue weighted by Gasteiger charge is 2.33. The number of aryl methyl sites for hydroxylation is 1. The number of fused-ring (bicyclic) bond motifs is 1. The SMILES string of the molecule is Cc1ccccc1NC(=O)CN1C(=O)C(C)Oc2ccc(-c3csc(-c4ccccn4)n3)cc21. The van der Waals surface area contributed by atoms with E-state index in [2.05, 4.69) is 10.3 Å². The van der Waals surface area contributed by atoms with Crippen molar-refractivity contribution >= 4 is 34.5 Å². The highest BCUT2D eigenvalue weighted by Crippen LogP contribution is 2.38. The van der Waals surface area contributed by atoms with Crippen LogP contribution < -0.4 is 15.0 Å². The Morgan fingerprint density at radius 1 is 1.12 bits per heavy atom. The molecule has 0 saturated carbocycles. The van der Waals surface area contributed by atoms with E-state index in [4.69, 9.17) is 9.72 Å². The van der Waals surface area contributed by atoms with Crippen molar-refractivity contribution in [3.05, 3.63) is 77.8 Å². The van der Waals surface area contributed by atoms with Gasteiger partial charge in [-0.25, -0.2) is 4.98 Å². The Bertz CT molecular complexity index is 1370. The van der Waals surface area contributed by atoms with Crippen LogP contribution in [0.1, 0.15) is 12.5 Å². The second-order valence-corrected chi connectivity index (χ2v) is 8.84. The number of anilines is 2. The van der Waals surface area contributed by atoms with Gasteiger partial charge in [-0.15, -0.1) is 11.3 Å². The first-order chi connectivity index (χ1) is 16.5. The summed E-state index contributed by atoms with van der Waals surface area (Å²) in [5.41, 5.74) is 4.62. The standard InChI is InChI=1S/C26H22N4O3S/c1-16-7-3-4-8-19(16)28-24(31)14-30-22-13-18(10-11-23(22)33-17(2)26(30)32)21-15-34-25(29-21)20-9-5-6-12-27-20/h3-13,15,17H,14H2,1-2H3,(H,28,31). The Morgan fingerprint density at radius 3 is 2.74 bits per heavy atom. The lowest BCUT2D eigenvalue weighted by Gasteiger charge is -2.33. The number of benzene rings is 2. The van der Waals surface area contributed by atoms with Crippen molar-refractivity contribution in [1.82, 2.24) is 9.97 Å². The average molecular weight is 471 g/mol. The van der Waals surface area contributed by atoms with E-state index in [-0.39, 0.29) is 18.4 Å². The van der Waals surface area contributed by atoms with Crippen LogP contribution in [0, 0.1) is 6.92 Å². The molecule has 1 unspecified atom stereocenters. The van der Waals surface area contributed by atoms with Gasteiger partial charge in [-0.2, -0.15) is 0 Å². The molecule has 1 aliphatic rings. The minimum absolute atomic E-state index is 0.117. The smallest absolute Gasteiger partial charge is 0.268 e. The predicted molar refractivity (Wildman–Crippen MR) is 133 cm³/mol. The molecule has 1 N–H and O–H groups in total. The van der Waals surface area contributed by atoms with Crippen molar-refractivity contribution in [3.63, 3.8) is 0 Å². The number of aromatic nitrogens is 2. The molecule has 0 fully saturated rings. The van der Waals surface area contributed by atoms with E-state index < -0.39 is 6.10 Å². The normalized spacial score (nSPS) is 14.9. The lowest BCUT2D eigenvalue weighted by molar-refractivity contribution is -0.127. The van der Waals surface area contributed by atoms with Gasteiger partial charge in [0.1, 0.15) is 17.3 Å². The van der Waals surface area contributed by atoms with Crippen molar-refractivity contribution in [2.24, 2.45) is 0 Å². The molecule has 0 spiro atoms. The lowest BCUT2D eigenvalue weighted by atomic mass is 10.1. The monoisotopic (exact) mass is 470 g/mol. The van der Waals surface area contributed by atoms with Gasteiger partial charge in [-0.3, -0.25) is 19.5 Å². The molecule has 0 aliphatic carbocycles. The number of hydrogen-bond donors (Lipinski definition) is 1. The number of amides is 2. The van der Waals surface area contributed by atoms with Crippen molar-refractivity contribution in [1.29, 1.82) is 0 Å². The Labute approximate surface area is 201 Å². The summed E-state index contributed by atoms with van der Waals surface area (Å²) in [6.45, 7) is 3.49. The molecule has 5 rings (SSSR count). The molecule has 2 aromatic heterocycles. The Morgan fingerprint density at radius 2 is 1.94 bits per heavy atom. The summed E-state index contributed by atoms with van der Waals surface area (Å²) in [5.74, 6) is 0.0101. The number of pyridine rings is 1. The topological polar surface area (TPSA) is 84.4 Å². The quantitative estimate of drug-likeness (QED) is 0.447. The van der Waals surface area contributed by atoms with Gasteiger partial charge >= 0.3 is 0 Å². The van der Waals surface area contributed by atoms with Gasteiger partial charge in [-0.05, 0) is 55.8 Å². The van der Waals surface area contributed by atoms with Gasteiger partial charge in [0.2, 0.25) is 5.91 Å². The highest BCUT2D eigenvalue weighted by atomic mass is 32.1. The van der Waals surface area contributed by atoms with Crippen LogP contribution in [0.3, 0.4) is 0 Å². The second-order valence-electron chi connectivity index (χ2n) is 7.98. The zero-order chi connectivity index (χ0) is 23.7. The van der Waals surface area contributed by atoms with E-state index in [0.717, 1.165) is 33.2 Å². The van der Waals surface area contributed by atoms with E-state index >= 15 is 0 Å². The summed E-state index contributed by atoms with van der Waals surface area (Å²) < 4.78 is 5.81. The summed E-state index contributed by atoms with van der Waals surface area (Å²) in [7, 11) is 0. The molecule has 1 atom stereocenters. The molecule has 7 nitrogen and oxygen atoms in total. The van der Waals surface area contributed by atoms with Gasteiger partial charge in [0.15, 0.2) is 6.10 Å². The zero-order valence-electron chi connectivity index (χ0n) is 18.7. The third-order valence-electron chi connectivity index (χ3n) is 5.57. The Kier molecular flexibility index (Phi) is 5.81. The average Bonchev–Trinajstić information content (AvgIpc) is 3.34. The predicted octanol–water partition coefficient (Wildman–Crippen LogP) is 4.93. The molecule has 2 amide bonds. The van der Waals surface area contributed by atoms with E-state index in [1.807, 2.05) is 73.0 Å². The van der Waals surface area contributed by atoms with Gasteiger partial charge in [0.25, 0.3) is 5.91 Å². The van der Waals surface area contributed by atoms with Crippen LogP contribution in [0.2, 0.25) is 0 Å². The summed E-state index contributed by atoms with van der Waals surface area (Å²) in [6, 6.07) is 18.8. The van der Waals surface area contributed by atoms with Crippen molar-refractivity contribution < 1.29 is 14.3 Å². The molecular formula is C26H22N4O3S. The van der Waals surface area contributed by atoms with Crippen molar-refractivity contribution in [2.75, 3.05) is 16.8 Å². The van der Waals surface area contributed by atoms with Gasteiger partial charge in [-0.1, -0.05) is 24.3 Å². The molecule has 34 heavy (non-hydrogen) atoms. The summed E-state index contributed by atoms with van der Waals surface area (Å²) in [5, 5.41) is 5.66. The number of rotatable bonds is 5. The molecule has 0 saturated heterocycles. The molecule has 8 heteroatoms. The van der Waals surface area contributed by atoms with Gasteiger partial charge in [0.05, 0.1) is 17.1 Å². The van der Waals surface area contributed by atoms with Crippen LogP contribution in [0.4, 0.5) is 11.4 Å². The number of para-hydroxylation sites is 1. The summed E-state index contributed by atoms with van der Waals surface area (Å²) in [4.78, 5) is 36.4. The first kappa shape index (κ1) is 21.8. The van der Waals surface area contributed by atoms with Crippen LogP contribution >= 0.6 is 11.3 Å². The summed E-state index contributed by atoms with van der Waals surface area (Å²) >= 11 is 1.50. The largest absolute Gasteiger partial charge is 0.479 e. The fourth-order valence-electron chi connectivity index (χ4n) is 3.79. The molecule has 4 aromatic rings. The maximum atomic E-state index is 13.0. The Balaban J connectivity index is 1.44. The third kappa shape index (κ3) is 4.27. The van der Waals surface area contributed by atoms with Crippen LogP contribution in [0.15, 0.2) is 72.2 Å². The molecule has 0 bridgehead atoms. The molecule has 2 aromatic carbocycles. The van der Waals surface area contributed by atoms with Crippen molar-refractivity contribution in [2.45, 2.75) is 20.0 Å². The van der Waals surface area contributed by atoms with Gasteiger partial charge in [0, 0.05) is 22.8 Å². The maximum absolute atomic E-state index is 13.0. The number of hydrogen-bond acceptors (Lipinski definition) is 6. The fraction of sp³-hybridized carbons (Fsp3) is 0.154. The van der Waals surface area contributed by atoms with E-state index in [1.165, 1.54) is 16.2 Å². The van der Waals surface area contributed by atoms with E-state index in [1.54, 1.807) is 13.1 Å². The third-order valence-corrected chi connectivity index (χ3v) is 6.44. The molecule has 1 aliphatic heterocycles. The summed E-state index contributed by atoms with van der Waals surface area (Å²) in [6.07, 6.45) is 1.05. The molecule has 0 radical (unpaired) electrons. The second kappa shape index (κ2) is 9.07.